The van der Waals surface area contributed by atoms with Crippen molar-refractivity contribution in [3.63, 3.8) is 0 Å². The fourth-order valence-corrected chi connectivity index (χ4v) is 3.38. The van der Waals surface area contributed by atoms with Gasteiger partial charge in [0.25, 0.3) is 11.8 Å². The number of amides is 2. The minimum Gasteiger partial charge on any atom is -0.350 e. The van der Waals surface area contributed by atoms with Crippen molar-refractivity contribution in [3.8, 4) is 0 Å². The minimum atomic E-state index is -0.486. The van der Waals surface area contributed by atoms with E-state index in [-0.39, 0.29) is 11.3 Å². The molecular weight excluding hydrogens is 391 g/mol. The number of rotatable bonds is 4. The fourth-order valence-electron chi connectivity index (χ4n) is 3.21. The number of imide groups is 1. The van der Waals surface area contributed by atoms with Crippen LogP contribution in [0.15, 0.2) is 78.5 Å². The standard InChI is InChI=1S/C23H16ClFN2O2/c1-14-7-10-16(24)13-19(14)26-21-20(15-8-11-17(25)12-9-15)22(28)27(23(21)29)18-5-3-2-4-6-18/h2-13,26H,1H3. The molecule has 0 saturated carbocycles. The summed E-state index contributed by atoms with van der Waals surface area (Å²) in [4.78, 5) is 27.6. The van der Waals surface area contributed by atoms with Crippen LogP contribution >= 0.6 is 11.6 Å². The fraction of sp³-hybridized carbons (Fsp3) is 0.0435. The number of anilines is 2. The number of benzene rings is 3. The Morgan fingerprint density at radius 1 is 0.897 bits per heavy atom. The number of halogens is 2. The Hall–Kier alpha value is -3.44. The van der Waals surface area contributed by atoms with Crippen LogP contribution in [0.25, 0.3) is 5.57 Å². The number of hydrogen-bond acceptors (Lipinski definition) is 3. The molecule has 6 heteroatoms. The Bertz CT molecular complexity index is 1140. The topological polar surface area (TPSA) is 49.4 Å². The number of hydrogen-bond donors (Lipinski definition) is 1. The molecule has 2 amide bonds. The van der Waals surface area contributed by atoms with E-state index in [0.717, 1.165) is 10.5 Å². The maximum atomic E-state index is 13.4. The first-order valence-corrected chi connectivity index (χ1v) is 9.31. The van der Waals surface area contributed by atoms with Gasteiger partial charge in [-0.2, -0.15) is 0 Å². The molecule has 0 atom stereocenters. The summed E-state index contributed by atoms with van der Waals surface area (Å²) in [5.41, 5.74) is 2.68. The van der Waals surface area contributed by atoms with E-state index in [4.69, 9.17) is 11.6 Å². The van der Waals surface area contributed by atoms with Crippen molar-refractivity contribution in [3.05, 3.63) is 100 Å². The summed E-state index contributed by atoms with van der Waals surface area (Å²) >= 11 is 6.10. The number of aryl methyl sites for hydroxylation is 1. The molecule has 4 rings (SSSR count). The van der Waals surface area contributed by atoms with Crippen LogP contribution in [0.4, 0.5) is 15.8 Å². The minimum absolute atomic E-state index is 0.121. The van der Waals surface area contributed by atoms with Gasteiger partial charge in [0.2, 0.25) is 0 Å². The lowest BCUT2D eigenvalue weighted by Crippen LogP contribution is -2.32. The van der Waals surface area contributed by atoms with Gasteiger partial charge in [0.1, 0.15) is 11.5 Å². The van der Waals surface area contributed by atoms with Crippen LogP contribution in [-0.4, -0.2) is 11.8 Å². The zero-order valence-corrected chi connectivity index (χ0v) is 16.2. The molecule has 0 unspecified atom stereocenters. The van der Waals surface area contributed by atoms with Gasteiger partial charge in [0.05, 0.1) is 11.3 Å². The molecule has 3 aromatic carbocycles. The Morgan fingerprint density at radius 3 is 2.28 bits per heavy atom. The molecule has 0 bridgehead atoms. The zero-order chi connectivity index (χ0) is 20.5. The molecule has 0 aromatic heterocycles. The Labute approximate surface area is 172 Å². The molecule has 0 spiro atoms. The molecule has 4 nitrogen and oxygen atoms in total. The van der Waals surface area contributed by atoms with Crippen LogP contribution in [0.5, 0.6) is 0 Å². The molecule has 3 aromatic rings. The van der Waals surface area contributed by atoms with Crippen LogP contribution in [-0.2, 0) is 9.59 Å². The molecule has 29 heavy (non-hydrogen) atoms. The average Bonchev–Trinajstić information content (AvgIpc) is 2.96. The van der Waals surface area contributed by atoms with E-state index in [1.807, 2.05) is 13.0 Å². The molecule has 0 fully saturated rings. The summed E-state index contributed by atoms with van der Waals surface area (Å²) in [5, 5.41) is 3.58. The lowest BCUT2D eigenvalue weighted by molar-refractivity contribution is -0.120. The zero-order valence-electron chi connectivity index (χ0n) is 15.4. The van der Waals surface area contributed by atoms with E-state index in [2.05, 4.69) is 5.32 Å². The Kier molecular flexibility index (Phi) is 4.91. The third-order valence-electron chi connectivity index (χ3n) is 4.69. The number of carbonyl (C=O) groups is 2. The highest BCUT2D eigenvalue weighted by atomic mass is 35.5. The van der Waals surface area contributed by atoms with E-state index in [1.165, 1.54) is 24.3 Å². The van der Waals surface area contributed by atoms with Crippen molar-refractivity contribution in [2.75, 3.05) is 10.2 Å². The predicted octanol–water partition coefficient (Wildman–Crippen LogP) is 5.18. The third-order valence-corrected chi connectivity index (χ3v) is 4.93. The molecule has 1 heterocycles. The summed E-state index contributed by atoms with van der Waals surface area (Å²) in [5.74, 6) is -1.39. The summed E-state index contributed by atoms with van der Waals surface area (Å²) in [7, 11) is 0. The van der Waals surface area contributed by atoms with E-state index in [0.29, 0.717) is 22.0 Å². The van der Waals surface area contributed by atoms with Gasteiger partial charge < -0.3 is 5.32 Å². The highest BCUT2D eigenvalue weighted by Crippen LogP contribution is 2.34. The molecular formula is C23H16ClFN2O2. The largest absolute Gasteiger partial charge is 0.350 e. The normalized spacial score (nSPS) is 14.0. The quantitative estimate of drug-likeness (QED) is 0.607. The van der Waals surface area contributed by atoms with Crippen molar-refractivity contribution >= 4 is 40.4 Å². The second kappa shape index (κ2) is 7.53. The highest BCUT2D eigenvalue weighted by molar-refractivity contribution is 6.46. The number of carbonyl (C=O) groups excluding carboxylic acids is 2. The van der Waals surface area contributed by atoms with Gasteiger partial charge in [-0.3, -0.25) is 9.59 Å². The maximum absolute atomic E-state index is 13.4. The second-order valence-electron chi connectivity index (χ2n) is 6.62. The van der Waals surface area contributed by atoms with E-state index >= 15 is 0 Å². The number of nitrogens with one attached hydrogen (secondary N) is 1. The van der Waals surface area contributed by atoms with Crippen molar-refractivity contribution in [1.82, 2.24) is 0 Å². The van der Waals surface area contributed by atoms with Crippen LogP contribution in [0.1, 0.15) is 11.1 Å². The third kappa shape index (κ3) is 3.52. The Morgan fingerprint density at radius 2 is 1.59 bits per heavy atom. The lowest BCUT2D eigenvalue weighted by Gasteiger charge is -2.15. The van der Waals surface area contributed by atoms with Crippen LogP contribution in [0, 0.1) is 12.7 Å². The summed E-state index contributed by atoms with van der Waals surface area (Å²) < 4.78 is 13.4. The van der Waals surface area contributed by atoms with Gasteiger partial charge in [-0.25, -0.2) is 9.29 Å². The molecule has 0 saturated heterocycles. The number of para-hydroxylation sites is 1. The van der Waals surface area contributed by atoms with E-state index in [9.17, 15) is 14.0 Å². The van der Waals surface area contributed by atoms with Crippen molar-refractivity contribution in [2.45, 2.75) is 6.92 Å². The van der Waals surface area contributed by atoms with Crippen LogP contribution in [0.3, 0.4) is 0 Å². The van der Waals surface area contributed by atoms with Gasteiger partial charge in [-0.15, -0.1) is 0 Å². The number of nitrogens with zero attached hydrogens (tertiary/aromatic N) is 1. The summed E-state index contributed by atoms with van der Waals surface area (Å²) in [6.45, 7) is 1.87. The first-order valence-electron chi connectivity index (χ1n) is 8.93. The first kappa shape index (κ1) is 18.9. The maximum Gasteiger partial charge on any atom is 0.282 e. The summed E-state index contributed by atoms with van der Waals surface area (Å²) in [6.07, 6.45) is 0. The smallest absolute Gasteiger partial charge is 0.282 e. The van der Waals surface area contributed by atoms with Gasteiger partial charge in [-0.1, -0.05) is 48.0 Å². The molecule has 0 aliphatic carbocycles. The average molecular weight is 407 g/mol. The van der Waals surface area contributed by atoms with Crippen molar-refractivity contribution < 1.29 is 14.0 Å². The SMILES string of the molecule is Cc1ccc(Cl)cc1NC1=C(c2ccc(F)cc2)C(=O)N(c2ccccc2)C1=O. The van der Waals surface area contributed by atoms with Crippen molar-refractivity contribution in [1.29, 1.82) is 0 Å². The molecule has 1 aliphatic rings. The van der Waals surface area contributed by atoms with Crippen LogP contribution in [0.2, 0.25) is 5.02 Å². The first-order chi connectivity index (χ1) is 14.0. The van der Waals surface area contributed by atoms with Crippen molar-refractivity contribution in [2.24, 2.45) is 0 Å². The van der Waals surface area contributed by atoms with E-state index in [1.54, 1.807) is 42.5 Å². The van der Waals surface area contributed by atoms with Gasteiger partial charge >= 0.3 is 0 Å². The van der Waals surface area contributed by atoms with Gasteiger partial charge in [-0.05, 0) is 54.4 Å². The van der Waals surface area contributed by atoms with Crippen LogP contribution < -0.4 is 10.2 Å². The highest BCUT2D eigenvalue weighted by Gasteiger charge is 2.40. The van der Waals surface area contributed by atoms with Gasteiger partial charge in [0, 0.05) is 10.7 Å². The molecule has 0 radical (unpaired) electrons. The monoisotopic (exact) mass is 406 g/mol. The second-order valence-corrected chi connectivity index (χ2v) is 7.06. The van der Waals surface area contributed by atoms with E-state index < -0.39 is 17.6 Å². The molecule has 1 N–H and O–H groups in total. The Balaban J connectivity index is 1.85. The molecule has 144 valence electrons. The molecule has 1 aliphatic heterocycles. The van der Waals surface area contributed by atoms with Gasteiger partial charge in [0.15, 0.2) is 0 Å². The summed E-state index contributed by atoms with van der Waals surface area (Å²) in [6, 6.07) is 19.4. The lowest BCUT2D eigenvalue weighted by atomic mass is 10.0. The predicted molar refractivity (Wildman–Crippen MR) is 112 cm³/mol.